The Morgan fingerprint density at radius 2 is 2.11 bits per heavy atom. The van der Waals surface area contributed by atoms with Crippen LogP contribution in [0, 0.1) is 5.92 Å². The number of halogens is 1. The van der Waals surface area contributed by atoms with Gasteiger partial charge in [-0.1, -0.05) is 37.6 Å². The second-order valence-corrected chi connectivity index (χ2v) is 5.34. The zero-order valence-electron chi connectivity index (χ0n) is 11.2. The van der Waals surface area contributed by atoms with Gasteiger partial charge in [0, 0.05) is 23.3 Å². The fraction of sp³-hybridized carbons (Fsp3) is 0.333. The van der Waals surface area contributed by atoms with E-state index in [1.165, 1.54) is 0 Å². The number of nitrogens with zero attached hydrogens (tertiary/aromatic N) is 2. The molecule has 19 heavy (non-hydrogen) atoms. The normalized spacial score (nSPS) is 10.9. The second kappa shape index (κ2) is 6.64. The lowest BCUT2D eigenvalue weighted by Crippen LogP contribution is -2.19. The summed E-state index contributed by atoms with van der Waals surface area (Å²) in [4.78, 5) is 8.85. The van der Waals surface area contributed by atoms with Gasteiger partial charge in [0.05, 0.1) is 5.69 Å². The zero-order valence-corrected chi connectivity index (χ0v) is 12.0. The summed E-state index contributed by atoms with van der Waals surface area (Å²) >= 11 is 5.99. The van der Waals surface area contributed by atoms with Crippen LogP contribution in [0.25, 0.3) is 11.4 Å². The number of rotatable bonds is 5. The van der Waals surface area contributed by atoms with Crippen LogP contribution < -0.4 is 5.32 Å². The molecule has 0 saturated heterocycles. The van der Waals surface area contributed by atoms with Crippen molar-refractivity contribution >= 4 is 11.6 Å². The first-order valence-corrected chi connectivity index (χ1v) is 6.81. The van der Waals surface area contributed by atoms with Crippen LogP contribution in [0.15, 0.2) is 36.5 Å². The summed E-state index contributed by atoms with van der Waals surface area (Å²) in [6.45, 7) is 6.11. The molecule has 1 aromatic carbocycles. The van der Waals surface area contributed by atoms with Crippen LogP contribution in [0.2, 0.25) is 5.02 Å². The molecule has 0 amide bonds. The standard InChI is InChI=1S/C15H18ClN3/c1-11(2)9-17-10-14-6-7-18-15(19-14)12-4-3-5-13(16)8-12/h3-8,11,17H,9-10H2,1-2H3. The van der Waals surface area contributed by atoms with E-state index < -0.39 is 0 Å². The van der Waals surface area contributed by atoms with Crippen molar-refractivity contribution in [1.82, 2.24) is 15.3 Å². The Kier molecular flexibility index (Phi) is 4.88. The van der Waals surface area contributed by atoms with Crippen LogP contribution >= 0.6 is 11.6 Å². The van der Waals surface area contributed by atoms with Crippen LogP contribution in [0.3, 0.4) is 0 Å². The number of nitrogens with one attached hydrogen (secondary N) is 1. The first-order chi connectivity index (χ1) is 9.15. The monoisotopic (exact) mass is 275 g/mol. The third-order valence-corrected chi connectivity index (χ3v) is 2.89. The minimum absolute atomic E-state index is 0.634. The fourth-order valence-corrected chi connectivity index (χ4v) is 1.94. The molecule has 3 nitrogen and oxygen atoms in total. The summed E-state index contributed by atoms with van der Waals surface area (Å²) in [6.07, 6.45) is 1.79. The van der Waals surface area contributed by atoms with Crippen molar-refractivity contribution in [3.05, 3.63) is 47.2 Å². The van der Waals surface area contributed by atoms with Gasteiger partial charge < -0.3 is 5.32 Å². The van der Waals surface area contributed by atoms with Gasteiger partial charge in [-0.25, -0.2) is 9.97 Å². The summed E-state index contributed by atoms with van der Waals surface area (Å²) in [5.74, 6) is 1.35. The van der Waals surface area contributed by atoms with Gasteiger partial charge in [0.2, 0.25) is 0 Å². The van der Waals surface area contributed by atoms with Crippen LogP contribution in [0.4, 0.5) is 0 Å². The Morgan fingerprint density at radius 1 is 1.26 bits per heavy atom. The van der Waals surface area contributed by atoms with Crippen molar-refractivity contribution in [2.75, 3.05) is 6.54 Å². The number of benzene rings is 1. The summed E-state index contributed by atoms with van der Waals surface area (Å²) in [5.41, 5.74) is 1.93. The average Bonchev–Trinajstić information content (AvgIpc) is 2.39. The van der Waals surface area contributed by atoms with Gasteiger partial charge in [-0.05, 0) is 30.7 Å². The zero-order chi connectivity index (χ0) is 13.7. The van der Waals surface area contributed by atoms with Crippen LogP contribution in [0.5, 0.6) is 0 Å². The predicted molar refractivity (Wildman–Crippen MR) is 79.0 cm³/mol. The molecule has 0 spiro atoms. The third-order valence-electron chi connectivity index (χ3n) is 2.65. The Hall–Kier alpha value is -1.45. The van der Waals surface area contributed by atoms with Crippen molar-refractivity contribution in [3.63, 3.8) is 0 Å². The maximum atomic E-state index is 5.99. The highest BCUT2D eigenvalue weighted by Gasteiger charge is 2.03. The van der Waals surface area contributed by atoms with Gasteiger partial charge in [-0.15, -0.1) is 0 Å². The molecule has 100 valence electrons. The van der Waals surface area contributed by atoms with E-state index in [9.17, 15) is 0 Å². The minimum atomic E-state index is 0.634. The SMILES string of the molecule is CC(C)CNCc1ccnc(-c2cccc(Cl)c2)n1. The van der Waals surface area contributed by atoms with E-state index in [0.717, 1.165) is 24.3 Å². The molecule has 0 aliphatic carbocycles. The highest BCUT2D eigenvalue weighted by molar-refractivity contribution is 6.30. The minimum Gasteiger partial charge on any atom is -0.311 e. The maximum absolute atomic E-state index is 5.99. The highest BCUT2D eigenvalue weighted by Crippen LogP contribution is 2.19. The quantitative estimate of drug-likeness (QED) is 0.907. The Labute approximate surface area is 119 Å². The maximum Gasteiger partial charge on any atom is 0.159 e. The summed E-state index contributed by atoms with van der Waals surface area (Å²) in [5, 5.41) is 4.07. The molecule has 1 aromatic heterocycles. The average molecular weight is 276 g/mol. The molecule has 0 aliphatic rings. The first-order valence-electron chi connectivity index (χ1n) is 6.43. The molecule has 2 aromatic rings. The first kappa shape index (κ1) is 14.0. The molecule has 2 rings (SSSR count). The molecule has 0 unspecified atom stereocenters. The van der Waals surface area contributed by atoms with Crippen molar-refractivity contribution in [1.29, 1.82) is 0 Å². The Balaban J connectivity index is 2.11. The van der Waals surface area contributed by atoms with Crippen LogP contribution in [0.1, 0.15) is 19.5 Å². The summed E-state index contributed by atoms with van der Waals surface area (Å²) < 4.78 is 0. The van der Waals surface area contributed by atoms with Gasteiger partial charge >= 0.3 is 0 Å². The van der Waals surface area contributed by atoms with E-state index in [0.29, 0.717) is 16.8 Å². The summed E-state index contributed by atoms with van der Waals surface area (Å²) in [6, 6.07) is 9.53. The lowest BCUT2D eigenvalue weighted by Gasteiger charge is -2.08. The molecule has 4 heteroatoms. The lowest BCUT2D eigenvalue weighted by molar-refractivity contribution is 0.548. The van der Waals surface area contributed by atoms with Gasteiger partial charge in [-0.2, -0.15) is 0 Å². The molecule has 0 atom stereocenters. The molecule has 0 radical (unpaired) electrons. The topological polar surface area (TPSA) is 37.8 Å². The molecule has 0 bridgehead atoms. The number of hydrogen-bond acceptors (Lipinski definition) is 3. The lowest BCUT2D eigenvalue weighted by atomic mass is 10.2. The van der Waals surface area contributed by atoms with Crippen LogP contribution in [-0.4, -0.2) is 16.5 Å². The van der Waals surface area contributed by atoms with Crippen molar-refractivity contribution in [2.45, 2.75) is 20.4 Å². The van der Waals surface area contributed by atoms with Gasteiger partial charge in [0.25, 0.3) is 0 Å². The largest absolute Gasteiger partial charge is 0.311 e. The van der Waals surface area contributed by atoms with Crippen molar-refractivity contribution < 1.29 is 0 Å². The van der Waals surface area contributed by atoms with E-state index in [4.69, 9.17) is 11.6 Å². The van der Waals surface area contributed by atoms with E-state index in [-0.39, 0.29) is 0 Å². The molecule has 0 aliphatic heterocycles. The molecular weight excluding hydrogens is 258 g/mol. The molecule has 0 fully saturated rings. The third kappa shape index (κ3) is 4.30. The second-order valence-electron chi connectivity index (χ2n) is 4.91. The molecule has 0 saturated carbocycles. The van der Waals surface area contributed by atoms with E-state index in [2.05, 4.69) is 29.1 Å². The highest BCUT2D eigenvalue weighted by atomic mass is 35.5. The van der Waals surface area contributed by atoms with Gasteiger partial charge in [0.1, 0.15) is 0 Å². The smallest absolute Gasteiger partial charge is 0.159 e. The fourth-order valence-electron chi connectivity index (χ4n) is 1.75. The predicted octanol–water partition coefficient (Wildman–Crippen LogP) is 3.54. The molecule has 1 heterocycles. The van der Waals surface area contributed by atoms with Gasteiger partial charge in [-0.3, -0.25) is 0 Å². The van der Waals surface area contributed by atoms with Gasteiger partial charge in [0.15, 0.2) is 5.82 Å². The van der Waals surface area contributed by atoms with E-state index in [1.807, 2.05) is 30.3 Å². The van der Waals surface area contributed by atoms with Crippen molar-refractivity contribution in [3.8, 4) is 11.4 Å². The van der Waals surface area contributed by atoms with Crippen LogP contribution in [-0.2, 0) is 6.54 Å². The Bertz CT molecular complexity index is 540. The Morgan fingerprint density at radius 3 is 2.84 bits per heavy atom. The molecule has 1 N–H and O–H groups in total. The summed E-state index contributed by atoms with van der Waals surface area (Å²) in [7, 11) is 0. The number of hydrogen-bond donors (Lipinski definition) is 1. The van der Waals surface area contributed by atoms with E-state index in [1.54, 1.807) is 6.20 Å². The molecular formula is C15H18ClN3. The van der Waals surface area contributed by atoms with E-state index >= 15 is 0 Å². The number of aromatic nitrogens is 2. The van der Waals surface area contributed by atoms with Crippen molar-refractivity contribution in [2.24, 2.45) is 5.92 Å².